The van der Waals surface area contributed by atoms with Crippen LogP contribution in [-0.4, -0.2) is 51.4 Å². The first-order valence-corrected chi connectivity index (χ1v) is 14.5. The molecule has 1 atom stereocenters. The van der Waals surface area contributed by atoms with E-state index in [-0.39, 0.29) is 29.5 Å². The van der Waals surface area contributed by atoms with Crippen molar-refractivity contribution >= 4 is 62.3 Å². The molecule has 0 aliphatic rings. The van der Waals surface area contributed by atoms with E-state index < -0.39 is 34.4 Å². The van der Waals surface area contributed by atoms with Crippen LogP contribution >= 0.6 is 34.8 Å². The Kier molecular flexibility index (Phi) is 10.5. The second kappa shape index (κ2) is 13.4. The van der Waals surface area contributed by atoms with Crippen molar-refractivity contribution < 1.29 is 22.7 Å². The Morgan fingerprint density at radius 3 is 2.15 bits per heavy atom. The molecule has 1 N–H and O–H groups in total. The van der Waals surface area contributed by atoms with Crippen molar-refractivity contribution in [3.8, 4) is 5.75 Å². The molecule has 0 aliphatic carbocycles. The van der Waals surface area contributed by atoms with Crippen LogP contribution in [0, 0.1) is 0 Å². The Balaban J connectivity index is 2.12. The van der Waals surface area contributed by atoms with Gasteiger partial charge in [0.2, 0.25) is 11.8 Å². The van der Waals surface area contributed by atoms with Gasteiger partial charge in [0.05, 0.1) is 17.2 Å². The third-order valence-corrected chi connectivity index (χ3v) is 8.65. The van der Waals surface area contributed by atoms with Gasteiger partial charge in [0, 0.05) is 34.2 Å². The second-order valence-electron chi connectivity index (χ2n) is 8.38. The zero-order valence-electron chi connectivity index (χ0n) is 21.5. The van der Waals surface area contributed by atoms with E-state index in [4.69, 9.17) is 39.5 Å². The molecule has 3 rings (SSSR count). The number of amides is 2. The number of sulfonamides is 1. The number of hydrogen-bond acceptors (Lipinski definition) is 5. The average molecular weight is 613 g/mol. The van der Waals surface area contributed by atoms with E-state index in [1.54, 1.807) is 49.4 Å². The molecule has 0 aromatic heterocycles. The zero-order valence-corrected chi connectivity index (χ0v) is 24.6. The number of nitrogens with one attached hydrogen (secondary N) is 1. The SMILES string of the molecule is CCOc1ccccc1N(CC(=O)N(Cc1c(Cl)cccc1Cl)[C@H](C)C(=O)NC)S(=O)(=O)c1ccc(Cl)cc1. The lowest BCUT2D eigenvalue weighted by molar-refractivity contribution is -0.139. The van der Waals surface area contributed by atoms with E-state index in [9.17, 15) is 18.0 Å². The van der Waals surface area contributed by atoms with E-state index in [0.717, 1.165) is 4.31 Å². The van der Waals surface area contributed by atoms with Crippen LogP contribution in [0.15, 0.2) is 71.6 Å². The molecule has 12 heteroatoms. The molecule has 0 bridgehead atoms. The number of likely N-dealkylation sites (N-methyl/N-ethyl adjacent to an activating group) is 1. The highest BCUT2D eigenvalue weighted by Crippen LogP contribution is 2.33. The number of hydrogen-bond donors (Lipinski definition) is 1. The van der Waals surface area contributed by atoms with E-state index in [0.29, 0.717) is 20.6 Å². The van der Waals surface area contributed by atoms with E-state index in [1.807, 2.05) is 0 Å². The van der Waals surface area contributed by atoms with Gasteiger partial charge in [0.15, 0.2) is 0 Å². The molecule has 2 amide bonds. The summed E-state index contributed by atoms with van der Waals surface area (Å²) < 4.78 is 34.5. The highest BCUT2D eigenvalue weighted by molar-refractivity contribution is 7.92. The van der Waals surface area contributed by atoms with Crippen molar-refractivity contribution in [3.63, 3.8) is 0 Å². The molecule has 0 heterocycles. The van der Waals surface area contributed by atoms with Crippen LogP contribution in [-0.2, 0) is 26.2 Å². The van der Waals surface area contributed by atoms with Crippen LogP contribution in [0.1, 0.15) is 19.4 Å². The zero-order chi connectivity index (χ0) is 28.7. The molecular formula is C27H28Cl3N3O5S. The second-order valence-corrected chi connectivity index (χ2v) is 11.5. The van der Waals surface area contributed by atoms with Crippen molar-refractivity contribution in [1.29, 1.82) is 0 Å². The van der Waals surface area contributed by atoms with Crippen molar-refractivity contribution in [2.45, 2.75) is 31.3 Å². The van der Waals surface area contributed by atoms with Gasteiger partial charge in [-0.05, 0) is 62.4 Å². The molecule has 3 aromatic carbocycles. The van der Waals surface area contributed by atoms with Crippen LogP contribution in [0.5, 0.6) is 5.75 Å². The minimum absolute atomic E-state index is 0.0777. The maximum absolute atomic E-state index is 13.9. The average Bonchev–Trinajstić information content (AvgIpc) is 2.91. The maximum atomic E-state index is 13.9. The smallest absolute Gasteiger partial charge is 0.264 e. The lowest BCUT2D eigenvalue weighted by Crippen LogP contribution is -2.50. The molecule has 0 fully saturated rings. The van der Waals surface area contributed by atoms with Crippen LogP contribution in [0.3, 0.4) is 0 Å². The summed E-state index contributed by atoms with van der Waals surface area (Å²) >= 11 is 18.7. The summed E-state index contributed by atoms with van der Waals surface area (Å²) in [6.07, 6.45) is 0. The topological polar surface area (TPSA) is 96.0 Å². The number of halogens is 3. The van der Waals surface area contributed by atoms with Gasteiger partial charge in [-0.2, -0.15) is 0 Å². The molecule has 0 aliphatic heterocycles. The Morgan fingerprint density at radius 1 is 0.949 bits per heavy atom. The number of ether oxygens (including phenoxy) is 1. The molecule has 0 saturated carbocycles. The molecule has 0 saturated heterocycles. The molecule has 208 valence electrons. The monoisotopic (exact) mass is 611 g/mol. The summed E-state index contributed by atoms with van der Waals surface area (Å²) in [5.74, 6) is -0.843. The third-order valence-electron chi connectivity index (χ3n) is 5.92. The summed E-state index contributed by atoms with van der Waals surface area (Å²) in [5.41, 5.74) is 0.581. The number of anilines is 1. The minimum atomic E-state index is -4.29. The van der Waals surface area contributed by atoms with Crippen LogP contribution in [0.25, 0.3) is 0 Å². The number of benzene rings is 3. The Morgan fingerprint density at radius 2 is 1.56 bits per heavy atom. The largest absolute Gasteiger partial charge is 0.492 e. The van der Waals surface area contributed by atoms with Crippen molar-refractivity contribution in [2.24, 2.45) is 0 Å². The molecule has 0 radical (unpaired) electrons. The summed E-state index contributed by atoms with van der Waals surface area (Å²) in [6, 6.07) is 16.0. The molecule has 0 unspecified atom stereocenters. The fourth-order valence-electron chi connectivity index (χ4n) is 3.83. The molecule has 0 spiro atoms. The van der Waals surface area contributed by atoms with Gasteiger partial charge in [0.1, 0.15) is 18.3 Å². The van der Waals surface area contributed by atoms with Gasteiger partial charge in [-0.3, -0.25) is 13.9 Å². The molecule has 39 heavy (non-hydrogen) atoms. The van der Waals surface area contributed by atoms with Crippen LogP contribution in [0.2, 0.25) is 15.1 Å². The van der Waals surface area contributed by atoms with Gasteiger partial charge < -0.3 is 15.0 Å². The van der Waals surface area contributed by atoms with E-state index in [1.165, 1.54) is 43.1 Å². The van der Waals surface area contributed by atoms with Crippen LogP contribution < -0.4 is 14.4 Å². The first-order valence-electron chi connectivity index (χ1n) is 11.9. The summed E-state index contributed by atoms with van der Waals surface area (Å²) in [4.78, 5) is 27.7. The lowest BCUT2D eigenvalue weighted by atomic mass is 10.1. The predicted octanol–water partition coefficient (Wildman–Crippen LogP) is 5.40. The normalized spacial score (nSPS) is 11.9. The van der Waals surface area contributed by atoms with Gasteiger partial charge in [-0.25, -0.2) is 8.42 Å². The van der Waals surface area contributed by atoms with Crippen LogP contribution in [0.4, 0.5) is 5.69 Å². The predicted molar refractivity (Wildman–Crippen MR) is 154 cm³/mol. The Bertz CT molecular complexity index is 1410. The first kappa shape index (κ1) is 30.6. The number of rotatable bonds is 11. The Hall–Kier alpha value is -2.98. The highest BCUT2D eigenvalue weighted by atomic mass is 35.5. The summed E-state index contributed by atoms with van der Waals surface area (Å²) in [6.45, 7) is 2.80. The first-order chi connectivity index (χ1) is 18.5. The number of carbonyl (C=O) groups excluding carboxylic acids is 2. The number of nitrogens with zero attached hydrogens (tertiary/aromatic N) is 2. The quantitative estimate of drug-likeness (QED) is 0.313. The summed E-state index contributed by atoms with van der Waals surface area (Å²) in [5, 5.41) is 3.48. The number of carbonyl (C=O) groups is 2. The highest BCUT2D eigenvalue weighted by Gasteiger charge is 2.34. The number of para-hydroxylation sites is 2. The van der Waals surface area contributed by atoms with Crippen molar-refractivity contribution in [2.75, 3.05) is 24.5 Å². The van der Waals surface area contributed by atoms with Crippen molar-refractivity contribution in [3.05, 3.63) is 87.4 Å². The maximum Gasteiger partial charge on any atom is 0.264 e. The van der Waals surface area contributed by atoms with Gasteiger partial charge >= 0.3 is 0 Å². The molecule has 8 nitrogen and oxygen atoms in total. The van der Waals surface area contributed by atoms with Gasteiger partial charge in [-0.15, -0.1) is 0 Å². The molecular weight excluding hydrogens is 585 g/mol. The fraction of sp³-hybridized carbons (Fsp3) is 0.259. The summed E-state index contributed by atoms with van der Waals surface area (Å²) in [7, 11) is -2.84. The molecule has 3 aromatic rings. The van der Waals surface area contributed by atoms with Crippen molar-refractivity contribution in [1.82, 2.24) is 10.2 Å². The third kappa shape index (κ3) is 7.16. The minimum Gasteiger partial charge on any atom is -0.492 e. The van der Waals surface area contributed by atoms with Gasteiger partial charge in [0.25, 0.3) is 10.0 Å². The van der Waals surface area contributed by atoms with Gasteiger partial charge in [-0.1, -0.05) is 53.0 Å². The standard InChI is InChI=1S/C27H28Cl3N3O5S/c1-4-38-25-11-6-5-10-24(25)33(39(36,37)20-14-12-19(28)13-15-20)17-26(34)32(18(2)27(35)31-3)16-21-22(29)8-7-9-23(21)30/h5-15,18H,4,16-17H2,1-3H3,(H,31,35)/t18-/m1/s1. The van der Waals surface area contributed by atoms with E-state index >= 15 is 0 Å². The Labute approximate surface area is 243 Å². The lowest BCUT2D eigenvalue weighted by Gasteiger charge is -2.32. The van der Waals surface area contributed by atoms with E-state index in [2.05, 4.69) is 5.32 Å². The fourth-order valence-corrected chi connectivity index (χ4v) is 5.90.